The molecule has 0 radical (unpaired) electrons. The van der Waals surface area contributed by atoms with Gasteiger partial charge in [-0.25, -0.2) is 0 Å². The van der Waals surface area contributed by atoms with Crippen molar-refractivity contribution in [2.75, 3.05) is 5.32 Å². The van der Waals surface area contributed by atoms with E-state index in [0.717, 1.165) is 15.7 Å². The summed E-state index contributed by atoms with van der Waals surface area (Å²) in [7, 11) is 0. The molecule has 0 aliphatic heterocycles. The third kappa shape index (κ3) is 4.27. The minimum absolute atomic E-state index is 0.252. The number of anilines is 1. The first kappa shape index (κ1) is 14.9. The lowest BCUT2D eigenvalue weighted by atomic mass is 9.99. The summed E-state index contributed by atoms with van der Waals surface area (Å²) in [5, 5.41) is 3.24. The SMILES string of the molecule is CC(C)(CC(N)=O)Nc1ccc(C(N)=S)c(Br)c1. The van der Waals surface area contributed by atoms with Crippen molar-refractivity contribution >= 4 is 44.7 Å². The predicted molar refractivity (Wildman–Crippen MR) is 81.5 cm³/mol. The standard InChI is InChI=1S/C12H16BrN3OS/c1-12(2,6-10(14)17)16-7-3-4-8(11(15)18)9(13)5-7/h3-5,16H,6H2,1-2H3,(H2,14,17)(H2,15,18). The Bertz CT molecular complexity index is 488. The number of hydrogen-bond acceptors (Lipinski definition) is 3. The molecule has 1 amide bonds. The van der Waals surface area contributed by atoms with Crippen molar-refractivity contribution in [3.63, 3.8) is 0 Å². The van der Waals surface area contributed by atoms with Gasteiger partial charge in [0.2, 0.25) is 5.91 Å². The van der Waals surface area contributed by atoms with Crippen LogP contribution in [0.1, 0.15) is 25.8 Å². The number of carbonyl (C=O) groups excluding carboxylic acids is 1. The van der Waals surface area contributed by atoms with Gasteiger partial charge in [-0.15, -0.1) is 0 Å². The summed E-state index contributed by atoms with van der Waals surface area (Å²) in [5.41, 5.74) is 12.0. The van der Waals surface area contributed by atoms with Crippen LogP contribution < -0.4 is 16.8 Å². The maximum atomic E-state index is 11.0. The highest BCUT2D eigenvalue weighted by molar-refractivity contribution is 9.10. The van der Waals surface area contributed by atoms with Crippen molar-refractivity contribution in [2.24, 2.45) is 11.5 Å². The van der Waals surface area contributed by atoms with Gasteiger partial charge in [-0.1, -0.05) is 12.2 Å². The highest BCUT2D eigenvalue weighted by Gasteiger charge is 2.20. The maximum Gasteiger partial charge on any atom is 0.219 e. The van der Waals surface area contributed by atoms with E-state index >= 15 is 0 Å². The Kier molecular flexibility index (Phi) is 4.70. The Morgan fingerprint density at radius 1 is 1.44 bits per heavy atom. The van der Waals surface area contributed by atoms with Gasteiger partial charge in [-0.05, 0) is 48.0 Å². The summed E-state index contributed by atoms with van der Waals surface area (Å²) in [6.07, 6.45) is 0.252. The van der Waals surface area contributed by atoms with Crippen LogP contribution in [0.3, 0.4) is 0 Å². The molecular formula is C12H16BrN3OS. The fraction of sp³-hybridized carbons (Fsp3) is 0.333. The van der Waals surface area contributed by atoms with Crippen LogP contribution in [-0.2, 0) is 4.79 Å². The second-order valence-corrected chi connectivity index (χ2v) is 6.01. The zero-order valence-corrected chi connectivity index (χ0v) is 12.7. The van der Waals surface area contributed by atoms with Gasteiger partial charge in [-0.2, -0.15) is 0 Å². The normalized spacial score (nSPS) is 11.1. The van der Waals surface area contributed by atoms with Gasteiger partial charge in [0, 0.05) is 27.7 Å². The second-order valence-electron chi connectivity index (χ2n) is 4.71. The highest BCUT2D eigenvalue weighted by Crippen LogP contribution is 2.24. The fourth-order valence-corrected chi connectivity index (χ4v) is 2.56. The number of amides is 1. The molecule has 1 aromatic rings. The molecule has 4 nitrogen and oxygen atoms in total. The van der Waals surface area contributed by atoms with E-state index in [2.05, 4.69) is 21.2 Å². The van der Waals surface area contributed by atoms with Gasteiger partial charge in [0.25, 0.3) is 0 Å². The van der Waals surface area contributed by atoms with E-state index in [0.29, 0.717) is 4.99 Å². The molecule has 1 rings (SSSR count). The first-order chi connectivity index (χ1) is 8.21. The van der Waals surface area contributed by atoms with Gasteiger partial charge >= 0.3 is 0 Å². The second kappa shape index (κ2) is 5.67. The summed E-state index contributed by atoms with van der Waals surface area (Å²) in [5.74, 6) is -0.341. The number of carbonyl (C=O) groups is 1. The van der Waals surface area contributed by atoms with E-state index in [1.54, 1.807) is 0 Å². The van der Waals surface area contributed by atoms with Crippen molar-refractivity contribution < 1.29 is 4.79 Å². The van der Waals surface area contributed by atoms with Crippen LogP contribution in [0.4, 0.5) is 5.69 Å². The molecule has 98 valence electrons. The minimum Gasteiger partial charge on any atom is -0.389 e. The van der Waals surface area contributed by atoms with E-state index in [1.807, 2.05) is 32.0 Å². The number of nitrogens with one attached hydrogen (secondary N) is 1. The van der Waals surface area contributed by atoms with Crippen LogP contribution in [-0.4, -0.2) is 16.4 Å². The van der Waals surface area contributed by atoms with Crippen LogP contribution in [0.15, 0.2) is 22.7 Å². The Morgan fingerprint density at radius 3 is 2.50 bits per heavy atom. The van der Waals surface area contributed by atoms with Gasteiger partial charge in [-0.3, -0.25) is 4.79 Å². The Hall–Kier alpha value is -1.14. The Labute approximate surface area is 120 Å². The molecular weight excluding hydrogens is 314 g/mol. The van der Waals surface area contributed by atoms with E-state index in [9.17, 15) is 4.79 Å². The highest BCUT2D eigenvalue weighted by atomic mass is 79.9. The van der Waals surface area contributed by atoms with Crippen LogP contribution in [0.25, 0.3) is 0 Å². The van der Waals surface area contributed by atoms with Crippen molar-refractivity contribution in [1.82, 2.24) is 0 Å². The Morgan fingerprint density at radius 2 is 2.06 bits per heavy atom. The topological polar surface area (TPSA) is 81.1 Å². The van der Waals surface area contributed by atoms with Gasteiger partial charge in [0.1, 0.15) is 4.99 Å². The molecule has 6 heteroatoms. The number of benzene rings is 1. The summed E-state index contributed by atoms with van der Waals surface area (Å²) in [6.45, 7) is 3.82. The van der Waals surface area contributed by atoms with Crippen molar-refractivity contribution in [3.05, 3.63) is 28.2 Å². The van der Waals surface area contributed by atoms with Gasteiger partial charge < -0.3 is 16.8 Å². The van der Waals surface area contributed by atoms with Crippen LogP contribution in [0.5, 0.6) is 0 Å². The summed E-state index contributed by atoms with van der Waals surface area (Å²) < 4.78 is 0.815. The lowest BCUT2D eigenvalue weighted by molar-refractivity contribution is -0.118. The molecule has 1 aromatic carbocycles. The van der Waals surface area contributed by atoms with Crippen LogP contribution >= 0.6 is 28.1 Å². The number of thiocarbonyl (C=S) groups is 1. The quantitative estimate of drug-likeness (QED) is 0.723. The van der Waals surface area contributed by atoms with E-state index in [1.165, 1.54) is 0 Å². The number of nitrogens with two attached hydrogens (primary N) is 2. The molecule has 0 fully saturated rings. The van der Waals surface area contributed by atoms with Crippen LogP contribution in [0, 0.1) is 0 Å². The molecule has 0 saturated carbocycles. The molecule has 0 spiro atoms. The molecule has 0 unspecified atom stereocenters. The van der Waals surface area contributed by atoms with E-state index < -0.39 is 5.54 Å². The molecule has 0 atom stereocenters. The Balaban J connectivity index is 2.89. The van der Waals surface area contributed by atoms with E-state index in [-0.39, 0.29) is 12.3 Å². The third-order valence-corrected chi connectivity index (χ3v) is 3.21. The molecule has 0 aliphatic carbocycles. The molecule has 0 saturated heterocycles. The summed E-state index contributed by atoms with van der Waals surface area (Å²) in [6, 6.07) is 5.56. The molecule has 0 bridgehead atoms. The van der Waals surface area contributed by atoms with Crippen molar-refractivity contribution in [1.29, 1.82) is 0 Å². The largest absolute Gasteiger partial charge is 0.389 e. The first-order valence-electron chi connectivity index (χ1n) is 5.37. The monoisotopic (exact) mass is 329 g/mol. The maximum absolute atomic E-state index is 11.0. The average molecular weight is 330 g/mol. The van der Waals surface area contributed by atoms with E-state index in [4.69, 9.17) is 23.7 Å². The number of halogens is 1. The number of primary amides is 1. The van der Waals surface area contributed by atoms with Gasteiger partial charge in [0.15, 0.2) is 0 Å². The minimum atomic E-state index is -0.407. The van der Waals surface area contributed by atoms with Crippen molar-refractivity contribution in [3.8, 4) is 0 Å². The summed E-state index contributed by atoms with van der Waals surface area (Å²) >= 11 is 8.33. The molecule has 0 heterocycles. The molecule has 5 N–H and O–H groups in total. The lowest BCUT2D eigenvalue weighted by Gasteiger charge is -2.26. The lowest BCUT2D eigenvalue weighted by Crippen LogP contribution is -2.36. The summed E-state index contributed by atoms with van der Waals surface area (Å²) in [4.78, 5) is 11.3. The van der Waals surface area contributed by atoms with Crippen molar-refractivity contribution in [2.45, 2.75) is 25.8 Å². The fourth-order valence-electron chi connectivity index (χ4n) is 1.66. The zero-order chi connectivity index (χ0) is 13.9. The molecule has 18 heavy (non-hydrogen) atoms. The smallest absolute Gasteiger partial charge is 0.219 e. The molecule has 0 aliphatic rings. The third-order valence-electron chi connectivity index (χ3n) is 2.33. The first-order valence-corrected chi connectivity index (χ1v) is 6.57. The average Bonchev–Trinajstić information content (AvgIpc) is 2.13. The number of hydrogen-bond donors (Lipinski definition) is 3. The number of rotatable bonds is 5. The van der Waals surface area contributed by atoms with Gasteiger partial charge in [0.05, 0.1) is 0 Å². The zero-order valence-electron chi connectivity index (χ0n) is 10.3. The molecule has 0 aromatic heterocycles. The van der Waals surface area contributed by atoms with Crippen LogP contribution in [0.2, 0.25) is 0 Å². The predicted octanol–water partition coefficient (Wildman–Crippen LogP) is 2.15.